The molecule has 5 nitrogen and oxygen atoms in total. The predicted octanol–water partition coefficient (Wildman–Crippen LogP) is 2.15. The molecular formula is C17H24F4N2O3. The highest BCUT2D eigenvalue weighted by molar-refractivity contribution is 5.86. The van der Waals surface area contributed by atoms with Crippen molar-refractivity contribution in [3.8, 4) is 0 Å². The van der Waals surface area contributed by atoms with Crippen molar-refractivity contribution in [3.63, 3.8) is 0 Å². The smallest absolute Gasteiger partial charge is 0.330 e. The molecule has 1 saturated carbocycles. The third kappa shape index (κ3) is 4.13. The van der Waals surface area contributed by atoms with Gasteiger partial charge in [0.05, 0.1) is 5.41 Å². The van der Waals surface area contributed by atoms with Gasteiger partial charge in [0, 0.05) is 26.2 Å². The average Bonchev–Trinajstić information content (AvgIpc) is 3.29. The molecule has 3 fully saturated rings. The van der Waals surface area contributed by atoms with Crippen molar-refractivity contribution < 1.29 is 31.9 Å². The lowest BCUT2D eigenvalue weighted by atomic mass is 9.78. The summed E-state index contributed by atoms with van der Waals surface area (Å²) in [7, 11) is 0. The van der Waals surface area contributed by atoms with Crippen molar-refractivity contribution in [1.29, 1.82) is 0 Å². The van der Waals surface area contributed by atoms with Gasteiger partial charge in [-0.2, -0.15) is 8.78 Å². The number of hydrogen-bond acceptors (Lipinski definition) is 3. The molecule has 148 valence electrons. The molecule has 1 aliphatic carbocycles. The van der Waals surface area contributed by atoms with Crippen molar-refractivity contribution in [2.24, 2.45) is 11.3 Å². The number of carbonyl (C=O) groups excluding carboxylic acids is 2. The van der Waals surface area contributed by atoms with E-state index in [1.807, 2.05) is 4.90 Å². The number of rotatable bonds is 7. The molecule has 0 bridgehead atoms. The summed E-state index contributed by atoms with van der Waals surface area (Å²) in [5.74, 6) is -4.14. The van der Waals surface area contributed by atoms with Crippen molar-refractivity contribution in [2.45, 2.75) is 44.5 Å². The molecule has 0 aromatic heterocycles. The molecular weight excluding hydrogens is 356 g/mol. The number of halogens is 4. The van der Waals surface area contributed by atoms with E-state index < -0.39 is 36.9 Å². The lowest BCUT2D eigenvalue weighted by Crippen LogP contribution is -2.51. The molecule has 2 saturated heterocycles. The van der Waals surface area contributed by atoms with Crippen LogP contribution < -0.4 is 0 Å². The third-order valence-corrected chi connectivity index (χ3v) is 5.55. The topological polar surface area (TPSA) is 49.9 Å². The molecule has 0 radical (unpaired) electrons. The quantitative estimate of drug-likeness (QED) is 0.636. The van der Waals surface area contributed by atoms with Crippen molar-refractivity contribution in [1.82, 2.24) is 9.80 Å². The zero-order valence-electron chi connectivity index (χ0n) is 14.6. The first kappa shape index (κ1) is 19.4. The molecule has 9 heteroatoms. The van der Waals surface area contributed by atoms with E-state index in [1.165, 1.54) is 4.90 Å². The Morgan fingerprint density at radius 3 is 2.65 bits per heavy atom. The molecule has 0 aromatic rings. The Labute approximate surface area is 149 Å². The summed E-state index contributed by atoms with van der Waals surface area (Å²) in [6.07, 6.45) is 0.624. The summed E-state index contributed by atoms with van der Waals surface area (Å²) in [5.41, 5.74) is -0.588. The first-order valence-electron chi connectivity index (χ1n) is 9.04. The molecule has 1 atom stereocenters. The van der Waals surface area contributed by atoms with Crippen molar-refractivity contribution >= 4 is 11.8 Å². The van der Waals surface area contributed by atoms with Crippen molar-refractivity contribution in [3.05, 3.63) is 0 Å². The zero-order valence-corrected chi connectivity index (χ0v) is 14.6. The van der Waals surface area contributed by atoms with E-state index in [9.17, 15) is 27.2 Å². The summed E-state index contributed by atoms with van der Waals surface area (Å²) < 4.78 is 54.3. The van der Waals surface area contributed by atoms with E-state index in [0.717, 1.165) is 32.4 Å². The Hall–Kier alpha value is -1.38. The fraction of sp³-hybridized carbons (Fsp3) is 0.882. The lowest BCUT2D eigenvalue weighted by molar-refractivity contribution is -0.170. The maximum atomic E-state index is 12.9. The fourth-order valence-corrected chi connectivity index (χ4v) is 3.83. The summed E-state index contributed by atoms with van der Waals surface area (Å²) in [5, 5.41) is 0. The highest BCUT2D eigenvalue weighted by Crippen LogP contribution is 2.41. The molecule has 2 aliphatic heterocycles. The van der Waals surface area contributed by atoms with Gasteiger partial charge in [-0.3, -0.25) is 9.59 Å². The monoisotopic (exact) mass is 380 g/mol. The summed E-state index contributed by atoms with van der Waals surface area (Å²) >= 11 is 0. The van der Waals surface area contributed by atoms with Crippen LogP contribution in [0.25, 0.3) is 0 Å². The first-order valence-corrected chi connectivity index (χ1v) is 9.04. The second kappa shape index (κ2) is 7.32. The number of likely N-dealkylation sites (tertiary alicyclic amines) is 2. The highest BCUT2D eigenvalue weighted by Gasteiger charge is 2.50. The molecule has 2 heterocycles. The van der Waals surface area contributed by atoms with Crippen molar-refractivity contribution in [2.75, 3.05) is 39.4 Å². The molecule has 26 heavy (non-hydrogen) atoms. The van der Waals surface area contributed by atoms with Gasteiger partial charge >= 0.3 is 12.3 Å². The van der Waals surface area contributed by atoms with Gasteiger partial charge in [-0.05, 0) is 38.0 Å². The Balaban J connectivity index is 1.50. The molecule has 2 amide bonds. The van der Waals surface area contributed by atoms with Gasteiger partial charge in [-0.1, -0.05) is 0 Å². The SMILES string of the molecule is O=C(COCC(F)(F)C(F)F)N1CC[C@@]2(CCCN(CC3CC3)C2=O)C1. The molecule has 0 unspecified atom stereocenters. The van der Waals surface area contributed by atoms with Crippen LogP contribution in [0, 0.1) is 11.3 Å². The highest BCUT2D eigenvalue weighted by atomic mass is 19.3. The zero-order chi connectivity index (χ0) is 18.9. The average molecular weight is 380 g/mol. The Bertz CT molecular complexity index is 556. The lowest BCUT2D eigenvalue weighted by Gasteiger charge is -2.39. The van der Waals surface area contributed by atoms with Gasteiger partial charge < -0.3 is 14.5 Å². The van der Waals surface area contributed by atoms with Crippen LogP contribution in [0.3, 0.4) is 0 Å². The van der Waals surface area contributed by atoms with Gasteiger partial charge in [0.1, 0.15) is 13.2 Å². The molecule has 3 aliphatic rings. The minimum absolute atomic E-state index is 0.0797. The third-order valence-electron chi connectivity index (χ3n) is 5.55. The fourth-order valence-electron chi connectivity index (χ4n) is 3.83. The molecule has 0 N–H and O–H groups in total. The van der Waals surface area contributed by atoms with E-state index in [4.69, 9.17) is 0 Å². The molecule has 0 aromatic carbocycles. The maximum Gasteiger partial charge on any atom is 0.330 e. The van der Waals surface area contributed by atoms with Crippen LogP contribution in [0.2, 0.25) is 0 Å². The largest absolute Gasteiger partial charge is 0.365 e. The summed E-state index contributed by atoms with van der Waals surface area (Å²) in [6.45, 7) is -0.0457. The van der Waals surface area contributed by atoms with Crippen LogP contribution in [0.5, 0.6) is 0 Å². The number of carbonyl (C=O) groups is 2. The van der Waals surface area contributed by atoms with Crippen LogP contribution >= 0.6 is 0 Å². The van der Waals surface area contributed by atoms with E-state index in [-0.39, 0.29) is 12.5 Å². The van der Waals surface area contributed by atoms with Gasteiger partial charge in [-0.15, -0.1) is 0 Å². The summed E-state index contributed by atoms with van der Waals surface area (Å²) in [6, 6.07) is 0. The Morgan fingerprint density at radius 2 is 2.00 bits per heavy atom. The Kier molecular flexibility index (Phi) is 5.46. The number of alkyl halides is 4. The predicted molar refractivity (Wildman–Crippen MR) is 83.9 cm³/mol. The number of amides is 2. The van der Waals surface area contributed by atoms with Gasteiger partial charge in [-0.25, -0.2) is 8.78 Å². The van der Waals surface area contributed by atoms with E-state index in [1.54, 1.807) is 0 Å². The number of piperidine rings is 1. The van der Waals surface area contributed by atoms with Gasteiger partial charge in [0.2, 0.25) is 11.8 Å². The minimum Gasteiger partial charge on any atom is -0.365 e. The number of nitrogens with zero attached hydrogens (tertiary/aromatic N) is 2. The van der Waals surface area contributed by atoms with Gasteiger partial charge in [0.25, 0.3) is 0 Å². The van der Waals surface area contributed by atoms with E-state index >= 15 is 0 Å². The van der Waals surface area contributed by atoms with E-state index in [0.29, 0.717) is 25.3 Å². The molecule has 3 rings (SSSR count). The minimum atomic E-state index is -4.27. The number of ether oxygens (including phenoxy) is 1. The molecule has 1 spiro atoms. The standard InChI is InChI=1S/C17H24F4N2O3/c18-14(19)17(20,21)11-26-9-13(24)23-7-5-16(10-23)4-1-6-22(15(16)25)8-12-2-3-12/h12,14H,1-11H2/t16-/m0/s1. The van der Waals surface area contributed by atoms with Gasteiger partial charge in [0.15, 0.2) is 0 Å². The van der Waals surface area contributed by atoms with Crippen LogP contribution in [-0.2, 0) is 14.3 Å². The second-order valence-corrected chi connectivity index (χ2v) is 7.70. The van der Waals surface area contributed by atoms with E-state index in [2.05, 4.69) is 4.74 Å². The van der Waals surface area contributed by atoms with Crippen LogP contribution in [0.15, 0.2) is 0 Å². The van der Waals surface area contributed by atoms with Crippen LogP contribution in [-0.4, -0.2) is 73.4 Å². The maximum absolute atomic E-state index is 12.9. The number of hydrogen-bond donors (Lipinski definition) is 0. The first-order chi connectivity index (χ1) is 12.2. The normalized spacial score (nSPS) is 27.0. The van der Waals surface area contributed by atoms with Crippen LogP contribution in [0.1, 0.15) is 32.1 Å². The second-order valence-electron chi connectivity index (χ2n) is 7.70. The van der Waals surface area contributed by atoms with Crippen LogP contribution in [0.4, 0.5) is 17.6 Å². The summed E-state index contributed by atoms with van der Waals surface area (Å²) in [4.78, 5) is 28.3. The Morgan fingerprint density at radius 1 is 1.27 bits per heavy atom.